The van der Waals surface area contributed by atoms with E-state index in [4.69, 9.17) is 11.5 Å². The van der Waals surface area contributed by atoms with Gasteiger partial charge in [-0.05, 0) is 6.92 Å². The second kappa shape index (κ2) is 2.30. The maximum absolute atomic E-state index is 11.1. The molecule has 13 heavy (non-hydrogen) atoms. The number of rotatable bonds is 2. The fraction of sp³-hybridized carbons (Fsp3) is 0.429. The van der Waals surface area contributed by atoms with Gasteiger partial charge in [-0.15, -0.1) is 0 Å². The zero-order valence-electron chi connectivity index (χ0n) is 7.16. The molecule has 0 aromatic carbocycles. The third-order valence-electron chi connectivity index (χ3n) is 2.56. The van der Waals surface area contributed by atoms with E-state index in [1.165, 1.54) is 6.20 Å². The highest BCUT2D eigenvalue weighted by molar-refractivity contribution is 6.06. The minimum atomic E-state index is -0.605. The Labute approximate surface area is 75.0 Å². The van der Waals surface area contributed by atoms with Gasteiger partial charge in [-0.1, -0.05) is 0 Å². The SMILES string of the molecule is C[C@@]1(C2NN2)C(C(N)=O)=CN=C1N. The van der Waals surface area contributed by atoms with Crippen LogP contribution in [0.25, 0.3) is 0 Å². The average molecular weight is 181 g/mol. The number of aliphatic imine (C=N–C) groups is 1. The largest absolute Gasteiger partial charge is 0.386 e. The molecule has 0 radical (unpaired) electrons. The number of hydrazine groups is 1. The number of amides is 1. The first-order valence-corrected chi connectivity index (χ1v) is 3.92. The molecule has 0 spiro atoms. The molecule has 0 saturated carbocycles. The minimum absolute atomic E-state index is 0.0440. The van der Waals surface area contributed by atoms with Gasteiger partial charge in [0.1, 0.15) is 5.84 Å². The number of carbonyl (C=O) groups excluding carboxylic acids is 1. The molecule has 0 aromatic heterocycles. The standard InChI is InChI=1S/C7H11N5O/c1-7(6-11-12-6)3(4(8)13)2-10-5(7)9/h2,6,11-12H,1H3,(H2,8,13)(H2,9,10)/t7-/m1/s1. The Morgan fingerprint density at radius 2 is 2.31 bits per heavy atom. The summed E-state index contributed by atoms with van der Waals surface area (Å²) in [7, 11) is 0. The van der Waals surface area contributed by atoms with Crippen LogP contribution in [0.1, 0.15) is 6.92 Å². The third-order valence-corrected chi connectivity index (χ3v) is 2.56. The van der Waals surface area contributed by atoms with Gasteiger partial charge in [-0.3, -0.25) is 4.79 Å². The van der Waals surface area contributed by atoms with E-state index in [2.05, 4.69) is 15.8 Å². The molecule has 1 atom stereocenters. The van der Waals surface area contributed by atoms with Crippen molar-refractivity contribution in [2.45, 2.75) is 13.1 Å². The Kier molecular flexibility index (Phi) is 1.45. The summed E-state index contributed by atoms with van der Waals surface area (Å²) in [6.07, 6.45) is 1.39. The van der Waals surface area contributed by atoms with Crippen LogP contribution in [0.15, 0.2) is 16.8 Å². The van der Waals surface area contributed by atoms with Crippen molar-refractivity contribution in [1.29, 1.82) is 0 Å². The highest BCUT2D eigenvalue weighted by Crippen LogP contribution is 2.36. The number of nitrogens with one attached hydrogen (secondary N) is 2. The Hall–Kier alpha value is -1.40. The molecule has 0 aromatic rings. The van der Waals surface area contributed by atoms with Gasteiger partial charge in [0, 0.05) is 6.20 Å². The second-order valence-corrected chi connectivity index (χ2v) is 3.35. The predicted molar refractivity (Wildman–Crippen MR) is 47.1 cm³/mol. The van der Waals surface area contributed by atoms with Crippen LogP contribution in [0.4, 0.5) is 0 Å². The van der Waals surface area contributed by atoms with Gasteiger partial charge in [-0.2, -0.15) is 0 Å². The van der Waals surface area contributed by atoms with Crippen LogP contribution in [-0.4, -0.2) is 17.9 Å². The smallest absolute Gasteiger partial charge is 0.247 e. The summed E-state index contributed by atoms with van der Waals surface area (Å²) in [6, 6.07) is 0. The fourth-order valence-electron chi connectivity index (χ4n) is 1.49. The number of hydrogen-bond acceptors (Lipinski definition) is 5. The highest BCUT2D eigenvalue weighted by Gasteiger charge is 2.51. The third kappa shape index (κ3) is 0.958. The van der Waals surface area contributed by atoms with Crippen molar-refractivity contribution in [2.24, 2.45) is 21.9 Å². The quantitative estimate of drug-likeness (QED) is 0.374. The molecule has 1 fully saturated rings. The molecule has 6 nitrogen and oxygen atoms in total. The van der Waals surface area contributed by atoms with Crippen molar-refractivity contribution in [3.8, 4) is 0 Å². The highest BCUT2D eigenvalue weighted by atomic mass is 16.1. The maximum atomic E-state index is 11.1. The lowest BCUT2D eigenvalue weighted by Crippen LogP contribution is -2.43. The summed E-state index contributed by atoms with van der Waals surface area (Å²) < 4.78 is 0. The molecule has 0 aliphatic carbocycles. The minimum Gasteiger partial charge on any atom is -0.386 e. The molecule has 70 valence electrons. The van der Waals surface area contributed by atoms with Gasteiger partial charge in [0.2, 0.25) is 5.91 Å². The van der Waals surface area contributed by atoms with Crippen LogP contribution in [0, 0.1) is 5.41 Å². The van der Waals surface area contributed by atoms with Gasteiger partial charge in [0.15, 0.2) is 0 Å². The zero-order valence-corrected chi connectivity index (χ0v) is 7.16. The lowest BCUT2D eigenvalue weighted by Gasteiger charge is -2.23. The van der Waals surface area contributed by atoms with Crippen molar-refractivity contribution in [2.75, 3.05) is 0 Å². The van der Waals surface area contributed by atoms with Gasteiger partial charge >= 0.3 is 0 Å². The number of amidine groups is 1. The van der Waals surface area contributed by atoms with Gasteiger partial charge < -0.3 is 11.5 Å². The van der Waals surface area contributed by atoms with E-state index < -0.39 is 11.3 Å². The number of hydrogen-bond donors (Lipinski definition) is 4. The molecule has 2 aliphatic heterocycles. The first-order valence-electron chi connectivity index (χ1n) is 3.92. The molecule has 2 aliphatic rings. The number of nitrogens with two attached hydrogens (primary N) is 2. The molecule has 0 unspecified atom stereocenters. The zero-order chi connectivity index (χ0) is 9.64. The van der Waals surface area contributed by atoms with Crippen LogP contribution >= 0.6 is 0 Å². The van der Waals surface area contributed by atoms with E-state index in [0.29, 0.717) is 11.4 Å². The summed E-state index contributed by atoms with van der Waals surface area (Å²) in [6.45, 7) is 1.83. The van der Waals surface area contributed by atoms with Gasteiger partial charge in [0.25, 0.3) is 0 Å². The lowest BCUT2D eigenvalue weighted by molar-refractivity contribution is -0.115. The molecule has 2 rings (SSSR count). The lowest BCUT2D eigenvalue weighted by atomic mass is 9.81. The van der Waals surface area contributed by atoms with Crippen LogP contribution < -0.4 is 22.3 Å². The second-order valence-electron chi connectivity index (χ2n) is 3.35. The Bertz CT molecular complexity index is 330. The van der Waals surface area contributed by atoms with Crippen LogP contribution in [0.5, 0.6) is 0 Å². The van der Waals surface area contributed by atoms with Gasteiger partial charge in [-0.25, -0.2) is 15.8 Å². The predicted octanol–water partition coefficient (Wildman–Crippen LogP) is -1.83. The first kappa shape index (κ1) is 8.21. The Morgan fingerprint density at radius 3 is 2.77 bits per heavy atom. The average Bonchev–Trinajstić information content (AvgIpc) is 2.82. The van der Waals surface area contributed by atoms with Crippen molar-refractivity contribution in [1.82, 2.24) is 10.9 Å². The molecule has 1 amide bonds. The summed E-state index contributed by atoms with van der Waals surface area (Å²) >= 11 is 0. The summed E-state index contributed by atoms with van der Waals surface area (Å²) in [5.41, 5.74) is 16.5. The summed E-state index contributed by atoms with van der Waals surface area (Å²) in [4.78, 5) is 15.0. The van der Waals surface area contributed by atoms with Crippen LogP contribution in [0.2, 0.25) is 0 Å². The molecule has 6 N–H and O–H groups in total. The number of carbonyl (C=O) groups is 1. The number of primary amides is 1. The first-order chi connectivity index (χ1) is 6.06. The van der Waals surface area contributed by atoms with E-state index in [1.54, 1.807) is 0 Å². The van der Waals surface area contributed by atoms with Crippen molar-refractivity contribution in [3.63, 3.8) is 0 Å². The van der Waals surface area contributed by atoms with E-state index in [0.717, 1.165) is 0 Å². The molecule has 0 bridgehead atoms. The van der Waals surface area contributed by atoms with E-state index >= 15 is 0 Å². The summed E-state index contributed by atoms with van der Waals surface area (Å²) in [5, 5.41) is 0. The molecule has 1 saturated heterocycles. The molecule has 2 heterocycles. The monoisotopic (exact) mass is 181 g/mol. The van der Waals surface area contributed by atoms with Crippen molar-refractivity contribution < 1.29 is 4.79 Å². The normalized spacial score (nSPS) is 32.7. The Balaban J connectivity index is 2.37. The fourth-order valence-corrected chi connectivity index (χ4v) is 1.49. The van der Waals surface area contributed by atoms with Crippen molar-refractivity contribution >= 4 is 11.7 Å². The maximum Gasteiger partial charge on any atom is 0.247 e. The topological polar surface area (TPSA) is 125 Å². The molecular formula is C7H11N5O. The van der Waals surface area contributed by atoms with Crippen LogP contribution in [-0.2, 0) is 4.79 Å². The Morgan fingerprint density at radius 1 is 1.69 bits per heavy atom. The van der Waals surface area contributed by atoms with Crippen molar-refractivity contribution in [3.05, 3.63) is 11.8 Å². The number of nitrogens with zero attached hydrogens (tertiary/aromatic N) is 1. The van der Waals surface area contributed by atoms with E-state index in [-0.39, 0.29) is 6.17 Å². The summed E-state index contributed by atoms with van der Waals surface area (Å²) in [5.74, 6) is -0.0778. The molecular weight excluding hydrogens is 170 g/mol. The van der Waals surface area contributed by atoms with Crippen LogP contribution in [0.3, 0.4) is 0 Å². The van der Waals surface area contributed by atoms with E-state index in [1.807, 2.05) is 6.92 Å². The van der Waals surface area contributed by atoms with Gasteiger partial charge in [0.05, 0.1) is 17.2 Å². The molecule has 6 heteroatoms. The van der Waals surface area contributed by atoms with E-state index in [9.17, 15) is 4.79 Å².